The summed E-state index contributed by atoms with van der Waals surface area (Å²) in [6.07, 6.45) is 6.83. The van der Waals surface area contributed by atoms with Gasteiger partial charge in [-0.2, -0.15) is 9.36 Å². The molecule has 0 aliphatic heterocycles. The fraction of sp³-hybridized carbons (Fsp3) is 0.444. The summed E-state index contributed by atoms with van der Waals surface area (Å²) in [7, 11) is -1.77. The smallest absolute Gasteiger partial charge is 0.321 e. The van der Waals surface area contributed by atoms with Crippen LogP contribution in [-0.4, -0.2) is 62.6 Å². The zero-order valence-electron chi connectivity index (χ0n) is 23.0. The van der Waals surface area contributed by atoms with Gasteiger partial charge in [0.15, 0.2) is 5.65 Å². The Morgan fingerprint density at radius 2 is 1.85 bits per heavy atom. The molecule has 2 amide bonds. The van der Waals surface area contributed by atoms with Crippen molar-refractivity contribution in [3.8, 4) is 0 Å². The maximum Gasteiger partial charge on any atom is 0.321 e. The standard InChI is InChI=1S/C27H32N8O3S3/c1-4-39-27-32-26(40-33-27)31-25(36)30-19-11-17-13-20(14-18(17)12-19)34(3)23-22-9-10-35(24(22)29-15-28-23)41(37,38)21-7-5-16(2)6-8-21/h5-10,15,17-20H,4,11-14H2,1-3H3,(H2,30,31,32,33,36)/t17-,18?,19+,20-/m1/s1. The van der Waals surface area contributed by atoms with Crippen LogP contribution in [0.4, 0.5) is 15.7 Å². The van der Waals surface area contributed by atoms with Crippen molar-refractivity contribution in [1.29, 1.82) is 0 Å². The lowest BCUT2D eigenvalue weighted by molar-refractivity contribution is 0.248. The molecule has 1 unspecified atom stereocenters. The molecule has 0 spiro atoms. The van der Waals surface area contributed by atoms with Crippen molar-refractivity contribution in [2.45, 2.75) is 61.7 Å². The van der Waals surface area contributed by atoms with Crippen LogP contribution in [0.2, 0.25) is 0 Å². The topological polar surface area (TPSA) is 135 Å². The number of aromatic nitrogens is 5. The Kier molecular flexibility index (Phi) is 7.64. The normalized spacial score (nSPS) is 22.1. The van der Waals surface area contributed by atoms with Gasteiger partial charge >= 0.3 is 6.03 Å². The minimum Gasteiger partial charge on any atom is -0.356 e. The molecular weight excluding hydrogens is 581 g/mol. The largest absolute Gasteiger partial charge is 0.356 e. The highest BCUT2D eigenvalue weighted by Gasteiger charge is 2.43. The van der Waals surface area contributed by atoms with Crippen LogP contribution in [0.15, 0.2) is 52.9 Å². The Morgan fingerprint density at radius 1 is 1.12 bits per heavy atom. The number of hydrogen-bond acceptors (Lipinski definition) is 10. The van der Waals surface area contributed by atoms with E-state index < -0.39 is 10.0 Å². The molecule has 0 saturated heterocycles. The van der Waals surface area contributed by atoms with Gasteiger partial charge in [0.2, 0.25) is 10.3 Å². The third-order valence-electron chi connectivity index (χ3n) is 8.11. The molecule has 4 atom stereocenters. The molecule has 0 radical (unpaired) electrons. The van der Waals surface area contributed by atoms with E-state index in [1.807, 2.05) is 20.9 Å². The Balaban J connectivity index is 1.10. The quantitative estimate of drug-likeness (QED) is 0.270. The number of aryl methyl sites for hydroxylation is 1. The molecule has 3 heterocycles. The summed E-state index contributed by atoms with van der Waals surface area (Å²) in [4.78, 5) is 28.2. The second-order valence-corrected chi connectivity index (χ2v) is 14.5. The number of urea groups is 1. The number of hydrogen-bond donors (Lipinski definition) is 2. The predicted molar refractivity (Wildman–Crippen MR) is 161 cm³/mol. The zero-order valence-corrected chi connectivity index (χ0v) is 25.5. The predicted octanol–water partition coefficient (Wildman–Crippen LogP) is 4.76. The number of nitrogens with one attached hydrogen (secondary N) is 2. The van der Waals surface area contributed by atoms with Crippen molar-refractivity contribution in [3.05, 3.63) is 48.4 Å². The van der Waals surface area contributed by atoms with Crippen molar-refractivity contribution in [2.75, 3.05) is 23.0 Å². The van der Waals surface area contributed by atoms with Crippen molar-refractivity contribution >= 4 is 61.3 Å². The number of benzene rings is 1. The van der Waals surface area contributed by atoms with Crippen LogP contribution in [0.1, 0.15) is 38.2 Å². The van der Waals surface area contributed by atoms with Crippen LogP contribution in [0.5, 0.6) is 0 Å². The summed E-state index contributed by atoms with van der Waals surface area (Å²) in [5.41, 5.74) is 1.36. The molecule has 1 aromatic carbocycles. The van der Waals surface area contributed by atoms with E-state index in [4.69, 9.17) is 0 Å². The number of rotatable bonds is 8. The summed E-state index contributed by atoms with van der Waals surface area (Å²) in [6.45, 7) is 3.96. The molecule has 216 valence electrons. The van der Waals surface area contributed by atoms with E-state index in [1.54, 1.807) is 48.3 Å². The van der Waals surface area contributed by atoms with Gasteiger partial charge in [-0.25, -0.2) is 27.2 Å². The molecule has 2 aliphatic rings. The molecule has 41 heavy (non-hydrogen) atoms. The molecule has 11 nitrogen and oxygen atoms in total. The lowest BCUT2D eigenvalue weighted by Crippen LogP contribution is -2.37. The second kappa shape index (κ2) is 11.2. The highest BCUT2D eigenvalue weighted by atomic mass is 32.2. The number of fused-ring (bicyclic) bond motifs is 2. The average molecular weight is 613 g/mol. The molecule has 2 fully saturated rings. The Labute approximate surface area is 247 Å². The van der Waals surface area contributed by atoms with Gasteiger partial charge in [-0.1, -0.05) is 36.4 Å². The molecule has 2 N–H and O–H groups in total. The lowest BCUT2D eigenvalue weighted by Gasteiger charge is -2.27. The molecule has 4 aromatic rings. The fourth-order valence-corrected chi connectivity index (χ4v) is 8.74. The molecule has 14 heteroatoms. The second-order valence-electron chi connectivity index (χ2n) is 10.7. The lowest BCUT2D eigenvalue weighted by atomic mass is 10.0. The first-order valence-electron chi connectivity index (χ1n) is 13.6. The van der Waals surface area contributed by atoms with E-state index in [9.17, 15) is 13.2 Å². The SMILES string of the molecule is CCSc1nsc(NC(=O)N[C@@H]2CC3C[C@H](N(C)c4ncnc5c4ccn5S(=O)(=O)c4ccc(C)cc4)C[C@H]3C2)n1. The van der Waals surface area contributed by atoms with E-state index in [1.165, 1.54) is 21.8 Å². The van der Waals surface area contributed by atoms with E-state index in [-0.39, 0.29) is 23.0 Å². The van der Waals surface area contributed by atoms with Crippen LogP contribution >= 0.6 is 23.3 Å². The minimum atomic E-state index is -3.79. The van der Waals surface area contributed by atoms with Crippen molar-refractivity contribution < 1.29 is 13.2 Å². The van der Waals surface area contributed by atoms with E-state index >= 15 is 0 Å². The molecule has 2 aliphatic carbocycles. The van der Waals surface area contributed by atoms with Crippen LogP contribution in [0.25, 0.3) is 11.0 Å². The summed E-state index contributed by atoms with van der Waals surface area (Å²) in [5, 5.41) is 7.84. The molecule has 3 aromatic heterocycles. The first kappa shape index (κ1) is 27.9. The van der Waals surface area contributed by atoms with Gasteiger partial charge in [0.25, 0.3) is 10.0 Å². The maximum atomic E-state index is 13.4. The van der Waals surface area contributed by atoms with E-state index in [2.05, 4.69) is 34.9 Å². The van der Waals surface area contributed by atoms with Gasteiger partial charge in [0.1, 0.15) is 12.1 Å². The highest BCUT2D eigenvalue weighted by molar-refractivity contribution is 7.99. The number of thioether (sulfide) groups is 1. The van der Waals surface area contributed by atoms with E-state index in [0.717, 1.165) is 42.8 Å². The van der Waals surface area contributed by atoms with Gasteiger partial charge in [-0.05, 0) is 68.4 Å². The first-order chi connectivity index (χ1) is 19.7. The monoisotopic (exact) mass is 612 g/mol. The highest BCUT2D eigenvalue weighted by Crippen LogP contribution is 2.46. The molecule has 6 rings (SSSR count). The first-order valence-corrected chi connectivity index (χ1v) is 16.8. The Morgan fingerprint density at radius 3 is 2.56 bits per heavy atom. The molecule has 2 saturated carbocycles. The summed E-state index contributed by atoms with van der Waals surface area (Å²) in [6, 6.07) is 8.75. The number of amides is 2. The third kappa shape index (κ3) is 5.52. The third-order valence-corrected chi connectivity index (χ3v) is 11.3. The molecule has 0 bridgehead atoms. The van der Waals surface area contributed by atoms with Gasteiger partial charge in [0.05, 0.1) is 10.3 Å². The summed E-state index contributed by atoms with van der Waals surface area (Å²) < 4.78 is 32.2. The van der Waals surface area contributed by atoms with Crippen molar-refractivity contribution in [3.63, 3.8) is 0 Å². The van der Waals surface area contributed by atoms with Gasteiger partial charge in [-0.15, -0.1) is 0 Å². The molecular formula is C27H32N8O3S3. The summed E-state index contributed by atoms with van der Waals surface area (Å²) in [5.74, 6) is 2.62. The van der Waals surface area contributed by atoms with Crippen molar-refractivity contribution in [2.24, 2.45) is 11.8 Å². The number of nitrogens with zero attached hydrogens (tertiary/aromatic N) is 6. The zero-order chi connectivity index (χ0) is 28.7. The number of carbonyl (C=O) groups is 1. The van der Waals surface area contributed by atoms with Crippen LogP contribution < -0.4 is 15.5 Å². The van der Waals surface area contributed by atoms with Crippen LogP contribution in [0.3, 0.4) is 0 Å². The van der Waals surface area contributed by atoms with E-state index in [0.29, 0.717) is 33.2 Å². The van der Waals surface area contributed by atoms with Gasteiger partial charge < -0.3 is 10.2 Å². The van der Waals surface area contributed by atoms with Gasteiger partial charge in [-0.3, -0.25) is 5.32 Å². The minimum absolute atomic E-state index is 0.125. The van der Waals surface area contributed by atoms with Crippen LogP contribution in [0, 0.1) is 18.8 Å². The average Bonchev–Trinajstić information content (AvgIpc) is 3.72. The maximum absolute atomic E-state index is 13.4. The number of anilines is 2. The Bertz CT molecular complexity index is 1660. The van der Waals surface area contributed by atoms with Gasteiger partial charge in [0, 0.05) is 36.9 Å². The van der Waals surface area contributed by atoms with Crippen LogP contribution in [-0.2, 0) is 10.0 Å². The number of carbonyl (C=O) groups excluding carboxylic acids is 1. The summed E-state index contributed by atoms with van der Waals surface area (Å²) >= 11 is 2.74. The fourth-order valence-electron chi connectivity index (χ4n) is 6.17. The Hall–Kier alpha value is -3.23. The van der Waals surface area contributed by atoms with Crippen molar-refractivity contribution in [1.82, 2.24) is 28.6 Å².